The van der Waals surface area contributed by atoms with E-state index >= 15 is 0 Å². The van der Waals surface area contributed by atoms with E-state index in [1.807, 2.05) is 43.0 Å². The van der Waals surface area contributed by atoms with E-state index in [0.29, 0.717) is 4.99 Å². The monoisotopic (exact) mass is 313 g/mol. The van der Waals surface area contributed by atoms with Crippen molar-refractivity contribution in [3.8, 4) is 12.3 Å². The van der Waals surface area contributed by atoms with Gasteiger partial charge in [0.15, 0.2) is 0 Å². The Morgan fingerprint density at radius 2 is 1.73 bits per heavy atom. The Balaban J connectivity index is 2.54. The van der Waals surface area contributed by atoms with Crippen LogP contribution in [-0.2, 0) is 4.79 Å². The first-order valence-corrected chi connectivity index (χ1v) is 8.30. The number of carbonyl (C=O) groups is 1. The summed E-state index contributed by atoms with van der Waals surface area (Å²) in [6, 6.07) is 8.15. The molecule has 0 spiro atoms. The molecule has 1 aromatic carbocycles. The molecular formula is C19H23NOS. The number of nitrogens with zero attached hydrogens (tertiary/aromatic N) is 1. The lowest BCUT2D eigenvalue weighted by atomic mass is 9.83. The van der Waals surface area contributed by atoms with Gasteiger partial charge in [-0.25, -0.2) is 0 Å². The molecule has 0 aromatic heterocycles. The van der Waals surface area contributed by atoms with Gasteiger partial charge in [0, 0.05) is 5.69 Å². The molecule has 0 N–H and O–H groups in total. The van der Waals surface area contributed by atoms with Gasteiger partial charge in [0.05, 0.1) is 4.99 Å². The van der Waals surface area contributed by atoms with Gasteiger partial charge in [-0.15, -0.1) is 6.42 Å². The number of hydrogen-bond acceptors (Lipinski definition) is 2. The number of benzene rings is 1. The Kier molecular flexibility index (Phi) is 5.37. The van der Waals surface area contributed by atoms with Gasteiger partial charge >= 0.3 is 0 Å². The lowest BCUT2D eigenvalue weighted by Crippen LogP contribution is -2.56. The number of rotatable bonds is 3. The first kappa shape index (κ1) is 16.7. The molecule has 0 bridgehead atoms. The third kappa shape index (κ3) is 3.23. The van der Waals surface area contributed by atoms with Crippen molar-refractivity contribution in [3.63, 3.8) is 0 Å². The van der Waals surface area contributed by atoms with Crippen LogP contribution >= 0.6 is 12.2 Å². The molecule has 1 saturated carbocycles. The fourth-order valence-corrected chi connectivity index (χ4v) is 3.70. The normalized spacial score (nSPS) is 17.1. The predicted octanol–water partition coefficient (Wildman–Crippen LogP) is 4.44. The highest BCUT2D eigenvalue weighted by Crippen LogP contribution is 2.37. The van der Waals surface area contributed by atoms with Crippen molar-refractivity contribution in [2.24, 2.45) is 0 Å². The van der Waals surface area contributed by atoms with Crippen LogP contribution in [0.25, 0.3) is 0 Å². The minimum atomic E-state index is -0.674. The van der Waals surface area contributed by atoms with Gasteiger partial charge in [-0.3, -0.25) is 4.79 Å². The molecule has 1 aliphatic rings. The van der Waals surface area contributed by atoms with Crippen LogP contribution in [0.3, 0.4) is 0 Å². The number of anilines is 1. The maximum absolute atomic E-state index is 12.7. The third-order valence-electron chi connectivity index (χ3n) is 4.52. The van der Waals surface area contributed by atoms with Crippen molar-refractivity contribution in [1.82, 2.24) is 0 Å². The van der Waals surface area contributed by atoms with Gasteiger partial charge in [-0.05, 0) is 44.7 Å². The van der Waals surface area contributed by atoms with E-state index in [-0.39, 0.29) is 5.78 Å². The molecule has 2 nitrogen and oxygen atoms in total. The molecule has 1 aliphatic carbocycles. The number of aryl methyl sites for hydroxylation is 1. The highest BCUT2D eigenvalue weighted by Gasteiger charge is 2.44. The van der Waals surface area contributed by atoms with Gasteiger partial charge < -0.3 is 4.90 Å². The second-order valence-electron chi connectivity index (χ2n) is 6.11. The second kappa shape index (κ2) is 7.07. The fourth-order valence-electron chi connectivity index (χ4n) is 3.42. The maximum atomic E-state index is 12.7. The van der Waals surface area contributed by atoms with E-state index in [1.165, 1.54) is 5.56 Å². The van der Waals surface area contributed by atoms with Crippen LogP contribution < -0.4 is 4.90 Å². The number of carbonyl (C=O) groups excluding carboxylic acids is 1. The Hall–Kier alpha value is -1.66. The predicted molar refractivity (Wildman–Crippen MR) is 96.2 cm³/mol. The smallest absolute Gasteiger partial charge is 0.231 e. The third-order valence-corrected chi connectivity index (χ3v) is 4.70. The highest BCUT2D eigenvalue weighted by molar-refractivity contribution is 7.80. The van der Waals surface area contributed by atoms with E-state index in [1.54, 1.807) is 0 Å². The summed E-state index contributed by atoms with van der Waals surface area (Å²) in [6.45, 7) is 3.93. The number of terminal acetylenes is 1. The largest absolute Gasteiger partial charge is 0.322 e. The zero-order valence-electron chi connectivity index (χ0n) is 13.4. The summed E-state index contributed by atoms with van der Waals surface area (Å²) in [5.41, 5.74) is 1.47. The molecule has 0 amide bonds. The second-order valence-corrected chi connectivity index (χ2v) is 6.70. The molecule has 1 fully saturated rings. The number of thiocarbonyl (C=S) groups is 1. The van der Waals surface area contributed by atoms with Crippen molar-refractivity contribution in [3.05, 3.63) is 29.8 Å². The standard InChI is InChI=1S/C19H23NOS/c1-4-18(21)19(13-7-5-6-8-14-19)20(16(3)22)17-11-9-15(2)10-12-17/h1,9-12H,5-8,13-14H2,2-3H3. The molecule has 1 aromatic rings. The van der Waals surface area contributed by atoms with Crippen LogP contribution in [0, 0.1) is 19.3 Å². The van der Waals surface area contributed by atoms with Crippen molar-refractivity contribution >= 4 is 28.7 Å². The highest BCUT2D eigenvalue weighted by atomic mass is 32.1. The van der Waals surface area contributed by atoms with Crippen LogP contribution in [0.2, 0.25) is 0 Å². The van der Waals surface area contributed by atoms with E-state index in [0.717, 1.165) is 44.2 Å². The average Bonchev–Trinajstić information content (AvgIpc) is 2.75. The summed E-state index contributed by atoms with van der Waals surface area (Å²) in [7, 11) is 0. The van der Waals surface area contributed by atoms with Crippen LogP contribution in [0.1, 0.15) is 51.0 Å². The number of ketones is 1. The number of hydrogen-bond donors (Lipinski definition) is 0. The summed E-state index contributed by atoms with van der Waals surface area (Å²) >= 11 is 5.50. The quantitative estimate of drug-likeness (QED) is 0.356. The van der Waals surface area contributed by atoms with Gasteiger partial charge in [0.2, 0.25) is 5.78 Å². The Morgan fingerprint density at radius 1 is 1.18 bits per heavy atom. The molecule has 3 heteroatoms. The molecule has 0 radical (unpaired) electrons. The molecule has 0 aliphatic heterocycles. The average molecular weight is 313 g/mol. The molecule has 2 rings (SSSR count). The first-order chi connectivity index (χ1) is 10.5. The fraction of sp³-hybridized carbons (Fsp3) is 0.474. The topological polar surface area (TPSA) is 20.3 Å². The summed E-state index contributed by atoms with van der Waals surface area (Å²) in [4.78, 5) is 15.4. The van der Waals surface area contributed by atoms with Gasteiger partial charge in [-0.2, -0.15) is 0 Å². The van der Waals surface area contributed by atoms with E-state index in [9.17, 15) is 4.79 Å². The zero-order valence-corrected chi connectivity index (χ0v) is 14.2. The van der Waals surface area contributed by atoms with E-state index in [2.05, 4.69) is 5.92 Å². The summed E-state index contributed by atoms with van der Waals surface area (Å²) in [5.74, 6) is 2.24. The summed E-state index contributed by atoms with van der Waals surface area (Å²) in [6.07, 6.45) is 11.4. The summed E-state index contributed by atoms with van der Waals surface area (Å²) < 4.78 is 0. The molecule has 0 atom stereocenters. The van der Waals surface area contributed by atoms with Gasteiger partial charge in [0.1, 0.15) is 5.54 Å². The number of Topliss-reactive ketones (excluding diaryl/α,β-unsaturated/α-hetero) is 1. The molecule has 0 saturated heterocycles. The van der Waals surface area contributed by atoms with Gasteiger partial charge in [-0.1, -0.05) is 55.6 Å². The van der Waals surface area contributed by atoms with E-state index in [4.69, 9.17) is 18.6 Å². The molecule has 0 unspecified atom stereocenters. The van der Waals surface area contributed by atoms with Crippen LogP contribution in [0.5, 0.6) is 0 Å². The van der Waals surface area contributed by atoms with Crippen LogP contribution in [-0.4, -0.2) is 16.3 Å². The SMILES string of the molecule is C#CC(=O)C1(N(C(C)=S)c2ccc(C)cc2)CCCCCC1. The van der Waals surface area contributed by atoms with Crippen molar-refractivity contribution < 1.29 is 4.79 Å². The molecule has 22 heavy (non-hydrogen) atoms. The van der Waals surface area contributed by atoms with Crippen molar-refractivity contribution in [2.45, 2.75) is 57.9 Å². The molecule has 0 heterocycles. The molecular weight excluding hydrogens is 290 g/mol. The van der Waals surface area contributed by atoms with Gasteiger partial charge in [0.25, 0.3) is 0 Å². The van der Waals surface area contributed by atoms with Crippen LogP contribution in [0.4, 0.5) is 5.69 Å². The lowest BCUT2D eigenvalue weighted by molar-refractivity contribution is -0.118. The minimum absolute atomic E-state index is 0.140. The first-order valence-electron chi connectivity index (χ1n) is 7.90. The molecule has 116 valence electrons. The van der Waals surface area contributed by atoms with Crippen LogP contribution in [0.15, 0.2) is 24.3 Å². The lowest BCUT2D eigenvalue weighted by Gasteiger charge is -2.42. The summed E-state index contributed by atoms with van der Waals surface area (Å²) in [5, 5.41) is 0. The Bertz CT molecular complexity index is 589. The zero-order chi connectivity index (χ0) is 16.2. The Labute approximate surface area is 138 Å². The van der Waals surface area contributed by atoms with E-state index < -0.39 is 5.54 Å². The van der Waals surface area contributed by atoms with Crippen molar-refractivity contribution in [1.29, 1.82) is 0 Å². The Morgan fingerprint density at radius 3 is 2.18 bits per heavy atom. The van der Waals surface area contributed by atoms with Crippen molar-refractivity contribution in [2.75, 3.05) is 4.90 Å². The minimum Gasteiger partial charge on any atom is -0.322 e. The maximum Gasteiger partial charge on any atom is 0.231 e.